The Labute approximate surface area is 160 Å². The fraction of sp³-hybridized carbons (Fsp3) is 0.438. The predicted octanol–water partition coefficient (Wildman–Crippen LogP) is 1.16. The smallest absolute Gasteiger partial charge is 0.328 e. The van der Waals surface area contributed by atoms with E-state index >= 15 is 0 Å². The van der Waals surface area contributed by atoms with Crippen LogP contribution in [0.2, 0.25) is 0 Å². The van der Waals surface area contributed by atoms with E-state index in [0.29, 0.717) is 17.7 Å². The lowest BCUT2D eigenvalue weighted by Crippen LogP contribution is -2.41. The summed E-state index contributed by atoms with van der Waals surface area (Å²) in [5.41, 5.74) is 0.391. The molecule has 0 saturated heterocycles. The van der Waals surface area contributed by atoms with Crippen molar-refractivity contribution >= 4 is 33.2 Å². The lowest BCUT2D eigenvalue weighted by atomic mass is 10.1. The second-order valence-corrected chi connectivity index (χ2v) is 9.01. The molecule has 0 bridgehead atoms. The maximum Gasteiger partial charge on any atom is 0.328 e. The zero-order valence-electron chi connectivity index (χ0n) is 14.8. The standard InChI is InChI=1S/C16H19N3O6S2/c1-3-24-16(21)10(2)17-15(20)14-11-9-19(7-6-12(11)25-18-14)27(22,23)13-5-4-8-26-13/h4-5,8,10H,3,6-7,9H2,1-2H3,(H,17,20). The highest BCUT2D eigenvalue weighted by molar-refractivity contribution is 7.91. The van der Waals surface area contributed by atoms with Gasteiger partial charge in [0.2, 0.25) is 0 Å². The average molecular weight is 413 g/mol. The normalized spacial score (nSPS) is 15.8. The van der Waals surface area contributed by atoms with Crippen molar-refractivity contribution in [2.45, 2.75) is 37.1 Å². The van der Waals surface area contributed by atoms with E-state index in [2.05, 4.69) is 10.5 Å². The second-order valence-electron chi connectivity index (χ2n) is 5.90. The third-order valence-corrected chi connectivity index (χ3v) is 7.30. The lowest BCUT2D eigenvalue weighted by Gasteiger charge is -2.24. The van der Waals surface area contributed by atoms with Gasteiger partial charge in [0.1, 0.15) is 16.0 Å². The van der Waals surface area contributed by atoms with Gasteiger partial charge in [0.05, 0.1) is 6.61 Å². The summed E-state index contributed by atoms with van der Waals surface area (Å²) in [4.78, 5) is 24.2. The van der Waals surface area contributed by atoms with Gasteiger partial charge in [0.15, 0.2) is 5.69 Å². The first-order valence-corrected chi connectivity index (χ1v) is 10.6. The highest BCUT2D eigenvalue weighted by Crippen LogP contribution is 2.28. The van der Waals surface area contributed by atoms with Crippen LogP contribution in [0.1, 0.15) is 35.7 Å². The van der Waals surface area contributed by atoms with E-state index in [-0.39, 0.29) is 29.6 Å². The zero-order valence-corrected chi connectivity index (χ0v) is 16.4. The summed E-state index contributed by atoms with van der Waals surface area (Å²) in [5.74, 6) is -0.706. The fourth-order valence-corrected chi connectivity index (χ4v) is 5.25. The van der Waals surface area contributed by atoms with Crippen molar-refractivity contribution in [3.05, 3.63) is 34.5 Å². The molecule has 0 fully saturated rings. The minimum absolute atomic E-state index is 0.0182. The van der Waals surface area contributed by atoms with Crippen LogP contribution in [0.4, 0.5) is 0 Å². The van der Waals surface area contributed by atoms with Crippen LogP contribution >= 0.6 is 11.3 Å². The molecule has 0 aliphatic carbocycles. The van der Waals surface area contributed by atoms with Gasteiger partial charge in [-0.15, -0.1) is 11.3 Å². The second kappa shape index (κ2) is 7.79. The van der Waals surface area contributed by atoms with Crippen LogP contribution in [-0.4, -0.2) is 48.9 Å². The van der Waals surface area contributed by atoms with Gasteiger partial charge in [0.25, 0.3) is 15.9 Å². The maximum absolute atomic E-state index is 12.7. The first-order chi connectivity index (χ1) is 12.8. The van der Waals surface area contributed by atoms with Crippen molar-refractivity contribution < 1.29 is 27.3 Å². The fourth-order valence-electron chi connectivity index (χ4n) is 2.70. The Morgan fingerprint density at radius 2 is 2.26 bits per heavy atom. The van der Waals surface area contributed by atoms with E-state index in [0.717, 1.165) is 11.3 Å². The largest absolute Gasteiger partial charge is 0.464 e. The highest BCUT2D eigenvalue weighted by atomic mass is 32.2. The van der Waals surface area contributed by atoms with E-state index in [4.69, 9.17) is 9.26 Å². The van der Waals surface area contributed by atoms with E-state index in [1.807, 2.05) is 0 Å². The molecule has 1 N–H and O–H groups in total. The number of thiophene rings is 1. The summed E-state index contributed by atoms with van der Waals surface area (Å²) < 4.78 is 37.0. The molecule has 3 rings (SSSR count). The molecule has 3 heterocycles. The molecule has 1 atom stereocenters. The van der Waals surface area contributed by atoms with Gasteiger partial charge in [0, 0.05) is 25.1 Å². The monoisotopic (exact) mass is 413 g/mol. The third-order valence-electron chi connectivity index (χ3n) is 4.08. The molecule has 11 heteroatoms. The van der Waals surface area contributed by atoms with Gasteiger partial charge >= 0.3 is 5.97 Å². The molecule has 0 aromatic carbocycles. The maximum atomic E-state index is 12.7. The number of amides is 1. The number of nitrogens with zero attached hydrogens (tertiary/aromatic N) is 2. The number of ether oxygens (including phenoxy) is 1. The van der Waals surface area contributed by atoms with Gasteiger partial charge in [-0.05, 0) is 25.3 Å². The number of hydrogen-bond donors (Lipinski definition) is 1. The number of sulfonamides is 1. The summed E-state index contributed by atoms with van der Waals surface area (Å²) in [5, 5.41) is 7.97. The molecular weight excluding hydrogens is 394 g/mol. The van der Waals surface area contributed by atoms with E-state index in [1.54, 1.807) is 18.4 Å². The molecule has 146 valence electrons. The summed E-state index contributed by atoms with van der Waals surface area (Å²) in [7, 11) is -3.65. The Hall–Kier alpha value is -2.24. The van der Waals surface area contributed by atoms with Gasteiger partial charge in [-0.1, -0.05) is 11.2 Å². The van der Waals surface area contributed by atoms with Crippen LogP contribution in [0.5, 0.6) is 0 Å². The molecule has 9 nitrogen and oxygen atoms in total. The van der Waals surface area contributed by atoms with Crippen LogP contribution in [0, 0.1) is 0 Å². The van der Waals surface area contributed by atoms with Crippen molar-refractivity contribution in [1.29, 1.82) is 0 Å². The zero-order chi connectivity index (χ0) is 19.6. The summed E-state index contributed by atoms with van der Waals surface area (Å²) >= 11 is 1.13. The Morgan fingerprint density at radius 3 is 2.93 bits per heavy atom. The molecule has 27 heavy (non-hydrogen) atoms. The lowest BCUT2D eigenvalue weighted by molar-refractivity contribution is -0.144. The van der Waals surface area contributed by atoms with Crippen molar-refractivity contribution in [3.8, 4) is 0 Å². The molecule has 1 amide bonds. The molecule has 0 spiro atoms. The van der Waals surface area contributed by atoms with Gasteiger partial charge in [-0.25, -0.2) is 13.2 Å². The molecule has 0 radical (unpaired) electrons. The molecular formula is C16H19N3O6S2. The number of aromatic nitrogens is 1. The number of fused-ring (bicyclic) bond motifs is 1. The van der Waals surface area contributed by atoms with Crippen LogP contribution in [-0.2, 0) is 32.5 Å². The third kappa shape index (κ3) is 3.89. The number of nitrogens with one attached hydrogen (secondary N) is 1. The first-order valence-electron chi connectivity index (χ1n) is 8.33. The quantitative estimate of drug-likeness (QED) is 0.706. The van der Waals surface area contributed by atoms with Crippen LogP contribution in [0.3, 0.4) is 0 Å². The number of esters is 1. The van der Waals surface area contributed by atoms with E-state index in [1.165, 1.54) is 17.3 Å². The SMILES string of the molecule is CCOC(=O)C(C)NC(=O)c1noc2c1CN(S(=O)(=O)c1cccs1)CC2. The average Bonchev–Trinajstić information content (AvgIpc) is 3.31. The Morgan fingerprint density at radius 1 is 1.48 bits per heavy atom. The molecule has 2 aromatic heterocycles. The Balaban J connectivity index is 1.79. The van der Waals surface area contributed by atoms with Gasteiger partial charge < -0.3 is 14.6 Å². The molecule has 2 aromatic rings. The number of carbonyl (C=O) groups is 2. The molecule has 1 aliphatic heterocycles. The van der Waals surface area contributed by atoms with Crippen LogP contribution < -0.4 is 5.32 Å². The number of hydrogen-bond acceptors (Lipinski definition) is 8. The Bertz CT molecular complexity index is 936. The van der Waals surface area contributed by atoms with Crippen LogP contribution in [0.25, 0.3) is 0 Å². The van der Waals surface area contributed by atoms with Gasteiger partial charge in [-0.3, -0.25) is 4.79 Å². The van der Waals surface area contributed by atoms with E-state index < -0.39 is 27.9 Å². The topological polar surface area (TPSA) is 119 Å². The predicted molar refractivity (Wildman–Crippen MR) is 95.7 cm³/mol. The minimum Gasteiger partial charge on any atom is -0.464 e. The summed E-state index contributed by atoms with van der Waals surface area (Å²) in [6, 6.07) is 2.35. The number of carbonyl (C=O) groups excluding carboxylic acids is 2. The van der Waals surface area contributed by atoms with Crippen molar-refractivity contribution in [3.63, 3.8) is 0 Å². The van der Waals surface area contributed by atoms with Crippen molar-refractivity contribution in [2.75, 3.05) is 13.2 Å². The minimum atomic E-state index is -3.65. The van der Waals surface area contributed by atoms with Crippen molar-refractivity contribution in [2.24, 2.45) is 0 Å². The van der Waals surface area contributed by atoms with E-state index in [9.17, 15) is 18.0 Å². The van der Waals surface area contributed by atoms with Gasteiger partial charge in [-0.2, -0.15) is 4.31 Å². The highest BCUT2D eigenvalue weighted by Gasteiger charge is 2.34. The molecule has 0 saturated carbocycles. The summed E-state index contributed by atoms with van der Waals surface area (Å²) in [6.45, 7) is 3.59. The molecule has 1 unspecified atom stereocenters. The summed E-state index contributed by atoms with van der Waals surface area (Å²) in [6.07, 6.45) is 0.313. The molecule has 1 aliphatic rings. The Kier molecular flexibility index (Phi) is 5.63. The van der Waals surface area contributed by atoms with Crippen LogP contribution in [0.15, 0.2) is 26.2 Å². The number of rotatable bonds is 6. The first kappa shape index (κ1) is 19.5. The van der Waals surface area contributed by atoms with Crippen molar-refractivity contribution in [1.82, 2.24) is 14.8 Å².